The zero-order chi connectivity index (χ0) is 26.7. The monoisotopic (exact) mass is 515 g/mol. The third-order valence-electron chi connectivity index (χ3n) is 7.41. The van der Waals surface area contributed by atoms with Crippen LogP contribution in [0.3, 0.4) is 0 Å². The molecule has 0 amide bonds. The Hall–Kier alpha value is -3.28. The minimum absolute atomic E-state index is 0.672. The first-order valence-corrected chi connectivity index (χ1v) is 14.5. The van der Waals surface area contributed by atoms with Crippen molar-refractivity contribution >= 4 is 22.6 Å². The minimum atomic E-state index is 0.672. The number of nitrogens with zero attached hydrogens (tertiary/aromatic N) is 5. The van der Waals surface area contributed by atoms with Crippen LogP contribution in [-0.4, -0.2) is 52.7 Å². The summed E-state index contributed by atoms with van der Waals surface area (Å²) in [6, 6.07) is 12.4. The molecule has 0 unspecified atom stereocenters. The van der Waals surface area contributed by atoms with E-state index in [9.17, 15) is 0 Å². The first-order chi connectivity index (χ1) is 18.6. The number of hydrogen-bond acceptors (Lipinski definition) is 5. The summed E-state index contributed by atoms with van der Waals surface area (Å²) in [6.07, 6.45) is 13.8. The highest BCUT2D eigenvalue weighted by molar-refractivity contribution is 5.75. The first kappa shape index (κ1) is 27.7. The van der Waals surface area contributed by atoms with Crippen LogP contribution in [0.4, 0.5) is 5.82 Å². The number of imidazole rings is 1. The number of ether oxygens (including phenoxy) is 1. The Bertz CT molecular complexity index is 1180. The molecule has 3 heterocycles. The van der Waals surface area contributed by atoms with E-state index in [0.717, 1.165) is 72.4 Å². The maximum atomic E-state index is 5.33. The van der Waals surface area contributed by atoms with Gasteiger partial charge in [0.15, 0.2) is 5.65 Å². The Morgan fingerprint density at radius 1 is 0.974 bits per heavy atom. The lowest BCUT2D eigenvalue weighted by molar-refractivity contribution is 0.308. The van der Waals surface area contributed by atoms with Crippen molar-refractivity contribution in [1.82, 2.24) is 19.4 Å². The molecule has 204 valence electrons. The Labute approximate surface area is 229 Å². The molecule has 6 heteroatoms. The second-order valence-electron chi connectivity index (χ2n) is 10.3. The number of anilines is 1. The van der Waals surface area contributed by atoms with Gasteiger partial charge in [0.25, 0.3) is 0 Å². The largest absolute Gasteiger partial charge is 0.497 e. The predicted molar refractivity (Wildman–Crippen MR) is 160 cm³/mol. The summed E-state index contributed by atoms with van der Waals surface area (Å²) in [5.41, 5.74) is 4.05. The maximum absolute atomic E-state index is 5.33. The van der Waals surface area contributed by atoms with Gasteiger partial charge in [0, 0.05) is 39.1 Å². The van der Waals surface area contributed by atoms with E-state index in [-0.39, 0.29) is 0 Å². The lowest BCUT2D eigenvalue weighted by atomic mass is 10.0. The highest BCUT2D eigenvalue weighted by Gasteiger charge is 2.16. The Morgan fingerprint density at radius 3 is 2.34 bits per heavy atom. The number of likely N-dealkylation sites (tertiary alicyclic amines) is 1. The number of rotatable bonds is 14. The van der Waals surface area contributed by atoms with Crippen molar-refractivity contribution in [2.45, 2.75) is 71.8 Å². The van der Waals surface area contributed by atoms with E-state index in [1.54, 1.807) is 7.11 Å². The average molecular weight is 516 g/mol. The van der Waals surface area contributed by atoms with Gasteiger partial charge in [-0.05, 0) is 79.8 Å². The van der Waals surface area contributed by atoms with Gasteiger partial charge in [-0.2, -0.15) is 0 Å². The van der Waals surface area contributed by atoms with Crippen LogP contribution in [0.15, 0.2) is 55.3 Å². The molecule has 0 spiro atoms. The number of unbranched alkanes of at least 4 members (excludes halogenated alkanes) is 2. The SMILES string of the molecule is C=C(Cc1nc2ccc(N(CCCC)CCCC)nc2n1C/C=C/N1CCCCC1)c1ccc(OC)cc1. The lowest BCUT2D eigenvalue weighted by Gasteiger charge is -2.25. The van der Waals surface area contributed by atoms with Crippen LogP contribution >= 0.6 is 0 Å². The fraction of sp³-hybridized carbons (Fsp3) is 0.500. The Morgan fingerprint density at radius 2 is 1.68 bits per heavy atom. The predicted octanol–water partition coefficient (Wildman–Crippen LogP) is 7.10. The average Bonchev–Trinajstić information content (AvgIpc) is 3.29. The normalized spacial score (nSPS) is 13.9. The molecule has 0 aliphatic carbocycles. The second-order valence-corrected chi connectivity index (χ2v) is 10.3. The molecular weight excluding hydrogens is 470 g/mol. The van der Waals surface area contributed by atoms with Crippen molar-refractivity contribution in [3.63, 3.8) is 0 Å². The fourth-order valence-corrected chi connectivity index (χ4v) is 5.07. The Kier molecular flexibility index (Phi) is 10.2. The molecular formula is C32H45N5O. The van der Waals surface area contributed by atoms with Crippen molar-refractivity contribution in [3.05, 3.63) is 66.6 Å². The summed E-state index contributed by atoms with van der Waals surface area (Å²) in [4.78, 5) is 15.1. The second kappa shape index (κ2) is 14.0. The number of benzene rings is 1. The molecule has 3 aromatic rings. The highest BCUT2D eigenvalue weighted by Crippen LogP contribution is 2.25. The molecule has 1 aliphatic heterocycles. The molecule has 4 rings (SSSR count). The van der Waals surface area contributed by atoms with Crippen molar-refractivity contribution in [3.8, 4) is 5.75 Å². The zero-order valence-electron chi connectivity index (χ0n) is 23.7. The Balaban J connectivity index is 1.64. The summed E-state index contributed by atoms with van der Waals surface area (Å²) >= 11 is 0. The number of fused-ring (bicyclic) bond motifs is 1. The summed E-state index contributed by atoms with van der Waals surface area (Å²) in [5, 5.41) is 0. The smallest absolute Gasteiger partial charge is 0.162 e. The van der Waals surface area contributed by atoms with Gasteiger partial charge < -0.3 is 19.1 Å². The van der Waals surface area contributed by atoms with Crippen molar-refractivity contribution < 1.29 is 4.74 Å². The van der Waals surface area contributed by atoms with Gasteiger partial charge in [-0.25, -0.2) is 9.97 Å². The number of piperidine rings is 1. The van der Waals surface area contributed by atoms with Crippen LogP contribution < -0.4 is 9.64 Å². The van der Waals surface area contributed by atoms with Crippen LogP contribution in [0.5, 0.6) is 5.75 Å². The maximum Gasteiger partial charge on any atom is 0.162 e. The minimum Gasteiger partial charge on any atom is -0.497 e. The van der Waals surface area contributed by atoms with Crippen molar-refractivity contribution in [2.24, 2.45) is 0 Å². The lowest BCUT2D eigenvalue weighted by Crippen LogP contribution is -2.26. The standard InChI is InChI=1S/C32H45N5O/c1-5-7-22-36(23-8-6-2)30-18-17-29-32(34-30)37(24-12-21-35-19-10-9-11-20-35)31(33-29)25-26(3)27-13-15-28(38-4)16-14-27/h12-18,21H,3,5-11,19-20,22-25H2,1-2,4H3/b21-12+. The molecule has 0 bridgehead atoms. The molecule has 0 saturated carbocycles. The molecule has 0 radical (unpaired) electrons. The molecule has 1 fully saturated rings. The number of aromatic nitrogens is 3. The third-order valence-corrected chi connectivity index (χ3v) is 7.41. The molecule has 0 N–H and O–H groups in total. The van der Waals surface area contributed by atoms with Crippen molar-refractivity contribution in [1.29, 1.82) is 0 Å². The van der Waals surface area contributed by atoms with Gasteiger partial charge in [0.1, 0.15) is 22.9 Å². The van der Waals surface area contributed by atoms with E-state index in [0.29, 0.717) is 6.42 Å². The van der Waals surface area contributed by atoms with Gasteiger partial charge in [0.05, 0.1) is 7.11 Å². The van der Waals surface area contributed by atoms with E-state index >= 15 is 0 Å². The summed E-state index contributed by atoms with van der Waals surface area (Å²) < 4.78 is 7.61. The van der Waals surface area contributed by atoms with Gasteiger partial charge in [0.2, 0.25) is 0 Å². The zero-order valence-corrected chi connectivity index (χ0v) is 23.7. The topological polar surface area (TPSA) is 46.4 Å². The molecule has 1 aromatic carbocycles. The van der Waals surface area contributed by atoms with Gasteiger partial charge in [-0.3, -0.25) is 0 Å². The summed E-state index contributed by atoms with van der Waals surface area (Å²) in [5.74, 6) is 2.91. The van der Waals surface area contributed by atoms with Crippen molar-refractivity contribution in [2.75, 3.05) is 38.2 Å². The van der Waals surface area contributed by atoms with Gasteiger partial charge in [-0.15, -0.1) is 0 Å². The van der Waals surface area contributed by atoms with Crippen LogP contribution in [0, 0.1) is 0 Å². The van der Waals surface area contributed by atoms with Crippen LogP contribution in [0.2, 0.25) is 0 Å². The van der Waals surface area contributed by atoms with Gasteiger partial charge >= 0.3 is 0 Å². The van der Waals surface area contributed by atoms with E-state index in [2.05, 4.69) is 71.3 Å². The number of allylic oxidation sites excluding steroid dienone is 2. The van der Waals surface area contributed by atoms with Crippen LogP contribution in [0.1, 0.15) is 70.2 Å². The number of methoxy groups -OCH3 is 1. The molecule has 0 atom stereocenters. The summed E-state index contributed by atoms with van der Waals surface area (Å²) in [6.45, 7) is 14.0. The molecule has 1 aliphatic rings. The fourth-order valence-electron chi connectivity index (χ4n) is 5.07. The highest BCUT2D eigenvalue weighted by atomic mass is 16.5. The van der Waals surface area contributed by atoms with E-state index in [1.807, 2.05) is 12.1 Å². The van der Waals surface area contributed by atoms with E-state index in [4.69, 9.17) is 14.7 Å². The molecule has 6 nitrogen and oxygen atoms in total. The quantitative estimate of drug-likeness (QED) is 0.229. The van der Waals surface area contributed by atoms with Gasteiger partial charge in [-0.1, -0.05) is 45.4 Å². The summed E-state index contributed by atoms with van der Waals surface area (Å²) in [7, 11) is 1.69. The number of hydrogen-bond donors (Lipinski definition) is 0. The van der Waals surface area contributed by atoms with Crippen LogP contribution in [0.25, 0.3) is 16.7 Å². The first-order valence-electron chi connectivity index (χ1n) is 14.5. The number of pyridine rings is 1. The molecule has 2 aromatic heterocycles. The third kappa shape index (κ3) is 7.18. The molecule has 38 heavy (non-hydrogen) atoms. The van der Waals surface area contributed by atoms with Crippen LogP contribution in [-0.2, 0) is 13.0 Å². The molecule has 1 saturated heterocycles. The van der Waals surface area contributed by atoms with E-state index in [1.165, 1.54) is 44.9 Å². The van der Waals surface area contributed by atoms with E-state index < -0.39 is 0 Å².